The molecule has 10 heteroatoms. The first-order valence-electron chi connectivity index (χ1n) is 11.1. The van der Waals surface area contributed by atoms with E-state index in [0.717, 1.165) is 5.52 Å². The Bertz CT molecular complexity index is 1620. The molecule has 4 rings (SSSR count). The van der Waals surface area contributed by atoms with Crippen LogP contribution in [0.25, 0.3) is 22.1 Å². The number of pyridine rings is 1. The van der Waals surface area contributed by atoms with Crippen LogP contribution in [-0.4, -0.2) is 29.6 Å². The van der Waals surface area contributed by atoms with Gasteiger partial charge in [0.2, 0.25) is 0 Å². The first kappa shape index (κ1) is 23.2. The molecule has 0 aliphatic heterocycles. The molecule has 0 aliphatic rings. The second kappa shape index (κ2) is 8.44. The average molecular weight is 465 g/mol. The number of anilines is 1. The number of rotatable bonds is 5. The Balaban J connectivity index is 1.89. The van der Waals surface area contributed by atoms with Crippen molar-refractivity contribution in [1.82, 2.24) is 23.7 Å². The molecule has 3 heterocycles. The summed E-state index contributed by atoms with van der Waals surface area (Å²) in [6.45, 7) is 8.11. The van der Waals surface area contributed by atoms with E-state index in [4.69, 9.17) is 0 Å². The number of nitrogens with one attached hydrogen (secondary N) is 2. The first-order chi connectivity index (χ1) is 16.0. The van der Waals surface area contributed by atoms with Gasteiger partial charge in [0.15, 0.2) is 5.65 Å². The molecule has 0 saturated carbocycles. The van der Waals surface area contributed by atoms with Gasteiger partial charge >= 0.3 is 11.4 Å². The summed E-state index contributed by atoms with van der Waals surface area (Å²) < 4.78 is 4.44. The number of nitrogens with zero attached hydrogens (tertiary/aromatic N) is 4. The van der Waals surface area contributed by atoms with E-state index < -0.39 is 17.2 Å². The van der Waals surface area contributed by atoms with Gasteiger partial charge in [-0.05, 0) is 36.1 Å². The number of carbonyl (C=O) groups excluding carboxylic acids is 1. The van der Waals surface area contributed by atoms with Crippen molar-refractivity contribution < 1.29 is 4.79 Å². The lowest BCUT2D eigenvalue weighted by Gasteiger charge is -2.16. The van der Waals surface area contributed by atoms with Crippen molar-refractivity contribution in [3.05, 3.63) is 66.8 Å². The number of amides is 1. The van der Waals surface area contributed by atoms with Gasteiger partial charge in [-0.15, -0.1) is 0 Å². The molecule has 3 aromatic heterocycles. The SMILES string of the molecule is CC(C)Cn1c(=O)[nH]c(=O)c2c(C(=O)Nc3ccc4c(c3)n(C)c(=O)n4C)cc(C(C)C)nc21. The lowest BCUT2D eigenvalue weighted by Crippen LogP contribution is -2.33. The largest absolute Gasteiger partial charge is 0.330 e. The minimum absolute atomic E-state index is 0.0342. The quantitative estimate of drug-likeness (QED) is 0.469. The number of H-pyrrole nitrogens is 1. The molecule has 0 bridgehead atoms. The summed E-state index contributed by atoms with van der Waals surface area (Å²) >= 11 is 0. The van der Waals surface area contributed by atoms with Crippen molar-refractivity contribution >= 4 is 33.7 Å². The molecule has 0 atom stereocenters. The van der Waals surface area contributed by atoms with E-state index in [1.807, 2.05) is 27.7 Å². The van der Waals surface area contributed by atoms with E-state index in [2.05, 4.69) is 15.3 Å². The van der Waals surface area contributed by atoms with Crippen molar-refractivity contribution in [2.75, 3.05) is 5.32 Å². The number of imidazole rings is 1. The van der Waals surface area contributed by atoms with Crippen LogP contribution in [0.4, 0.5) is 5.69 Å². The molecular weight excluding hydrogens is 436 g/mol. The third-order valence-corrected chi connectivity index (χ3v) is 5.88. The topological polar surface area (TPSA) is 124 Å². The molecule has 0 unspecified atom stereocenters. The van der Waals surface area contributed by atoms with E-state index in [-0.39, 0.29) is 34.1 Å². The summed E-state index contributed by atoms with van der Waals surface area (Å²) in [5, 5.41) is 2.90. The van der Waals surface area contributed by atoms with Gasteiger partial charge in [0.05, 0.1) is 22.0 Å². The monoisotopic (exact) mass is 464 g/mol. The summed E-state index contributed by atoms with van der Waals surface area (Å²) in [5.41, 5.74) is 1.41. The van der Waals surface area contributed by atoms with E-state index in [9.17, 15) is 19.2 Å². The van der Waals surface area contributed by atoms with Crippen LogP contribution in [-0.2, 0) is 20.6 Å². The van der Waals surface area contributed by atoms with Crippen molar-refractivity contribution in [1.29, 1.82) is 0 Å². The zero-order valence-electron chi connectivity index (χ0n) is 20.1. The number of carbonyl (C=O) groups is 1. The highest BCUT2D eigenvalue weighted by atomic mass is 16.2. The van der Waals surface area contributed by atoms with Crippen LogP contribution in [0.15, 0.2) is 38.6 Å². The zero-order valence-corrected chi connectivity index (χ0v) is 20.1. The normalized spacial score (nSPS) is 11.8. The number of hydrogen-bond acceptors (Lipinski definition) is 5. The summed E-state index contributed by atoms with van der Waals surface area (Å²) in [5.74, 6) is -0.416. The predicted molar refractivity (Wildman–Crippen MR) is 132 cm³/mol. The molecule has 0 aliphatic carbocycles. The van der Waals surface area contributed by atoms with Crippen molar-refractivity contribution in [3.63, 3.8) is 0 Å². The maximum absolute atomic E-state index is 13.4. The maximum Gasteiger partial charge on any atom is 0.330 e. The van der Waals surface area contributed by atoms with Gasteiger partial charge in [-0.3, -0.25) is 28.3 Å². The Morgan fingerprint density at radius 3 is 2.35 bits per heavy atom. The Labute approximate surface area is 194 Å². The fourth-order valence-corrected chi connectivity index (χ4v) is 4.09. The number of benzene rings is 1. The summed E-state index contributed by atoms with van der Waals surface area (Å²) in [6, 6.07) is 6.76. The lowest BCUT2D eigenvalue weighted by atomic mass is 10.0. The molecule has 34 heavy (non-hydrogen) atoms. The first-order valence-corrected chi connectivity index (χ1v) is 11.1. The molecule has 0 radical (unpaired) electrons. The molecule has 0 spiro atoms. The van der Waals surface area contributed by atoms with E-state index in [1.165, 1.54) is 13.7 Å². The molecule has 2 N–H and O–H groups in total. The summed E-state index contributed by atoms with van der Waals surface area (Å²) in [6.07, 6.45) is 0. The summed E-state index contributed by atoms with van der Waals surface area (Å²) in [7, 11) is 3.34. The fourth-order valence-electron chi connectivity index (χ4n) is 4.09. The molecule has 1 aromatic carbocycles. The molecule has 10 nitrogen and oxygen atoms in total. The molecule has 4 aromatic rings. The van der Waals surface area contributed by atoms with Gasteiger partial charge in [0, 0.05) is 32.0 Å². The number of aryl methyl sites for hydroxylation is 2. The van der Waals surface area contributed by atoms with E-state index in [0.29, 0.717) is 23.4 Å². The van der Waals surface area contributed by atoms with Crippen LogP contribution in [0, 0.1) is 5.92 Å². The number of fused-ring (bicyclic) bond motifs is 2. The molecule has 0 saturated heterocycles. The lowest BCUT2D eigenvalue weighted by molar-refractivity contribution is 0.102. The Hall–Kier alpha value is -3.95. The van der Waals surface area contributed by atoms with E-state index >= 15 is 0 Å². The van der Waals surface area contributed by atoms with Crippen LogP contribution in [0.1, 0.15) is 49.7 Å². The van der Waals surface area contributed by atoms with Crippen molar-refractivity contribution in [3.8, 4) is 0 Å². The minimum Gasteiger partial charge on any atom is -0.322 e. The predicted octanol–water partition coefficient (Wildman–Crippen LogP) is 2.31. The number of aromatic nitrogens is 5. The smallest absolute Gasteiger partial charge is 0.322 e. The highest BCUT2D eigenvalue weighted by Crippen LogP contribution is 2.23. The molecule has 1 amide bonds. The highest BCUT2D eigenvalue weighted by molar-refractivity contribution is 6.12. The maximum atomic E-state index is 13.4. The van der Waals surface area contributed by atoms with Gasteiger partial charge in [0.1, 0.15) is 0 Å². The summed E-state index contributed by atoms with van der Waals surface area (Å²) in [4.78, 5) is 57.9. The Kier molecular flexibility index (Phi) is 5.76. The third kappa shape index (κ3) is 3.85. The highest BCUT2D eigenvalue weighted by Gasteiger charge is 2.21. The Morgan fingerprint density at radius 1 is 1.03 bits per heavy atom. The van der Waals surface area contributed by atoms with Crippen LogP contribution in [0.5, 0.6) is 0 Å². The van der Waals surface area contributed by atoms with Gasteiger partial charge in [-0.2, -0.15) is 0 Å². The van der Waals surface area contributed by atoms with Gasteiger partial charge in [0.25, 0.3) is 11.5 Å². The number of hydrogen-bond donors (Lipinski definition) is 2. The number of aromatic amines is 1. The van der Waals surface area contributed by atoms with E-state index in [1.54, 1.807) is 38.4 Å². The van der Waals surface area contributed by atoms with Crippen molar-refractivity contribution in [2.45, 2.75) is 40.2 Å². The van der Waals surface area contributed by atoms with Gasteiger partial charge < -0.3 is 5.32 Å². The van der Waals surface area contributed by atoms with Crippen LogP contribution in [0.3, 0.4) is 0 Å². The Morgan fingerprint density at radius 2 is 1.71 bits per heavy atom. The van der Waals surface area contributed by atoms with Gasteiger partial charge in [-0.25, -0.2) is 14.6 Å². The third-order valence-electron chi connectivity index (χ3n) is 5.88. The van der Waals surface area contributed by atoms with Crippen LogP contribution >= 0.6 is 0 Å². The average Bonchev–Trinajstić information content (AvgIpc) is 2.99. The van der Waals surface area contributed by atoms with Crippen molar-refractivity contribution in [2.24, 2.45) is 20.0 Å². The van der Waals surface area contributed by atoms with Crippen LogP contribution < -0.4 is 22.3 Å². The molecular formula is C24H28N6O4. The zero-order chi connectivity index (χ0) is 24.9. The second-order valence-corrected chi connectivity index (χ2v) is 9.27. The second-order valence-electron chi connectivity index (χ2n) is 9.27. The standard InChI is InChI=1S/C24H28N6O4/c1-12(2)11-30-20-19(22(32)27-23(30)33)15(10-16(26-20)13(3)4)21(31)25-14-7-8-17-18(9-14)29(6)24(34)28(17)5/h7-10,12-13H,11H2,1-6H3,(H,25,31)(H,27,32,33). The molecule has 0 fully saturated rings. The van der Waals surface area contributed by atoms with Gasteiger partial charge in [-0.1, -0.05) is 27.7 Å². The fraction of sp³-hybridized carbons (Fsp3) is 0.375. The van der Waals surface area contributed by atoms with Crippen LogP contribution in [0.2, 0.25) is 0 Å². The molecule has 178 valence electrons. The minimum atomic E-state index is -0.658.